The molecule has 0 bridgehead atoms. The van der Waals surface area contributed by atoms with Crippen LogP contribution in [0.4, 0.5) is 0 Å². The van der Waals surface area contributed by atoms with Crippen molar-refractivity contribution in [3.63, 3.8) is 0 Å². The highest BCUT2D eigenvalue weighted by Gasteiger charge is 2.04. The topological polar surface area (TPSA) is 38.7 Å². The number of benzene rings is 1. The lowest BCUT2D eigenvalue weighted by molar-refractivity contribution is 1.16. The molecule has 20 heavy (non-hydrogen) atoms. The van der Waals surface area contributed by atoms with Crippen LogP contribution in [0.2, 0.25) is 0 Å². The maximum Gasteiger partial charge on any atom is 0.117 e. The maximum absolute atomic E-state index is 4.64. The molecule has 0 saturated heterocycles. The van der Waals surface area contributed by atoms with E-state index >= 15 is 0 Å². The molecule has 0 amide bonds. The summed E-state index contributed by atoms with van der Waals surface area (Å²) in [5, 5.41) is 3.05. The van der Waals surface area contributed by atoms with Crippen molar-refractivity contribution in [3.8, 4) is 11.3 Å². The van der Waals surface area contributed by atoms with Crippen LogP contribution < -0.4 is 0 Å². The average molecular weight is 279 g/mol. The van der Waals surface area contributed by atoms with Crippen LogP contribution in [0.1, 0.15) is 17.6 Å². The van der Waals surface area contributed by atoms with Crippen LogP contribution in [0.15, 0.2) is 54.3 Å². The number of allylic oxidation sites excluding steroid dienone is 1. The minimum Gasteiger partial charge on any atom is -0.261 e. The lowest BCUT2D eigenvalue weighted by atomic mass is 10.2. The molecule has 98 valence electrons. The number of rotatable bonds is 3. The van der Waals surface area contributed by atoms with Crippen molar-refractivity contribution in [1.29, 1.82) is 0 Å². The first-order valence-corrected chi connectivity index (χ1v) is 7.16. The molecule has 4 heteroatoms. The molecule has 0 aliphatic heterocycles. The molecule has 0 atom stereocenters. The lowest BCUT2D eigenvalue weighted by Crippen LogP contribution is -1.86. The highest BCUT2D eigenvalue weighted by molar-refractivity contribution is 7.10. The number of thiazole rings is 1. The van der Waals surface area contributed by atoms with Gasteiger partial charge < -0.3 is 0 Å². The quantitative estimate of drug-likeness (QED) is 0.722. The van der Waals surface area contributed by atoms with E-state index in [0.29, 0.717) is 0 Å². The molecule has 3 nitrogen and oxygen atoms in total. The number of hydrogen-bond acceptors (Lipinski definition) is 4. The zero-order valence-corrected chi connectivity index (χ0v) is 11.8. The summed E-state index contributed by atoms with van der Waals surface area (Å²) in [5.41, 5.74) is 4.09. The Labute approximate surface area is 121 Å². The molecular weight excluding hydrogens is 266 g/mol. The van der Waals surface area contributed by atoms with Crippen LogP contribution in [-0.4, -0.2) is 15.0 Å². The standard InChI is InChI=1S/C16H13N3S/c1-12(14-10-17-7-8-18-14)9-16-19-15(11-20-16)13-5-3-2-4-6-13/h2-11H,1H3. The molecule has 0 unspecified atom stereocenters. The van der Waals surface area contributed by atoms with E-state index in [1.807, 2.05) is 31.2 Å². The van der Waals surface area contributed by atoms with Crippen LogP contribution in [0.25, 0.3) is 22.9 Å². The highest BCUT2D eigenvalue weighted by Crippen LogP contribution is 2.24. The highest BCUT2D eigenvalue weighted by atomic mass is 32.1. The largest absolute Gasteiger partial charge is 0.261 e. The van der Waals surface area contributed by atoms with E-state index in [0.717, 1.165) is 27.5 Å². The van der Waals surface area contributed by atoms with Crippen LogP contribution >= 0.6 is 11.3 Å². The third-order valence-corrected chi connectivity index (χ3v) is 3.69. The molecular formula is C16H13N3S. The van der Waals surface area contributed by atoms with Crippen molar-refractivity contribution in [2.75, 3.05) is 0 Å². The molecule has 0 saturated carbocycles. The summed E-state index contributed by atoms with van der Waals surface area (Å²) in [4.78, 5) is 13.0. The van der Waals surface area contributed by atoms with Crippen LogP contribution in [-0.2, 0) is 0 Å². The molecule has 0 aliphatic rings. The maximum atomic E-state index is 4.64. The van der Waals surface area contributed by atoms with Crippen LogP contribution in [0.3, 0.4) is 0 Å². The summed E-state index contributed by atoms with van der Waals surface area (Å²) in [6.45, 7) is 2.02. The summed E-state index contributed by atoms with van der Waals surface area (Å²) in [6.07, 6.45) is 7.18. The molecule has 0 aliphatic carbocycles. The van der Waals surface area contributed by atoms with Gasteiger partial charge in [-0.2, -0.15) is 0 Å². The van der Waals surface area contributed by atoms with Gasteiger partial charge in [-0.25, -0.2) is 4.98 Å². The van der Waals surface area contributed by atoms with Crippen molar-refractivity contribution >= 4 is 23.0 Å². The summed E-state index contributed by atoms with van der Waals surface area (Å²) in [6, 6.07) is 10.2. The van der Waals surface area contributed by atoms with E-state index in [9.17, 15) is 0 Å². The van der Waals surface area contributed by atoms with Crippen molar-refractivity contribution in [1.82, 2.24) is 15.0 Å². The summed E-state index contributed by atoms with van der Waals surface area (Å²) in [5.74, 6) is 0. The van der Waals surface area contributed by atoms with Gasteiger partial charge in [0.15, 0.2) is 0 Å². The fourth-order valence-corrected chi connectivity index (χ4v) is 2.67. The molecule has 3 rings (SSSR count). The van der Waals surface area contributed by atoms with Gasteiger partial charge in [-0.3, -0.25) is 9.97 Å². The number of hydrogen-bond donors (Lipinski definition) is 0. The molecule has 0 fully saturated rings. The lowest BCUT2D eigenvalue weighted by Gasteiger charge is -1.97. The normalized spacial score (nSPS) is 11.6. The Balaban J connectivity index is 1.88. The molecule has 0 spiro atoms. The smallest absolute Gasteiger partial charge is 0.117 e. The Morgan fingerprint density at radius 2 is 2.00 bits per heavy atom. The summed E-state index contributed by atoms with van der Waals surface area (Å²) in [7, 11) is 0. The SMILES string of the molecule is CC(=Cc1nc(-c2ccccc2)cs1)c1cnccn1. The first-order valence-electron chi connectivity index (χ1n) is 6.28. The first kappa shape index (κ1) is 12.7. The van der Waals surface area contributed by atoms with E-state index in [4.69, 9.17) is 0 Å². The fraction of sp³-hybridized carbons (Fsp3) is 0.0625. The van der Waals surface area contributed by atoms with Crippen molar-refractivity contribution in [3.05, 3.63) is 65.0 Å². The second-order valence-corrected chi connectivity index (χ2v) is 5.24. The zero-order valence-electron chi connectivity index (χ0n) is 11.0. The first-order chi connectivity index (χ1) is 9.83. The number of nitrogens with zero attached hydrogens (tertiary/aromatic N) is 3. The number of aromatic nitrogens is 3. The minimum absolute atomic E-state index is 0.879. The molecule has 0 N–H and O–H groups in total. The van der Waals surface area contributed by atoms with E-state index < -0.39 is 0 Å². The minimum atomic E-state index is 0.879. The Morgan fingerprint density at radius 3 is 2.75 bits per heavy atom. The van der Waals surface area contributed by atoms with Crippen LogP contribution in [0, 0.1) is 0 Å². The Kier molecular flexibility index (Phi) is 3.65. The third kappa shape index (κ3) is 2.81. The van der Waals surface area contributed by atoms with Gasteiger partial charge in [0.2, 0.25) is 0 Å². The second-order valence-electron chi connectivity index (χ2n) is 4.36. The van der Waals surface area contributed by atoms with Crippen molar-refractivity contribution < 1.29 is 0 Å². The van der Waals surface area contributed by atoms with E-state index in [2.05, 4.69) is 32.5 Å². The van der Waals surface area contributed by atoms with Crippen molar-refractivity contribution in [2.24, 2.45) is 0 Å². The molecule has 2 aromatic heterocycles. The van der Waals surface area contributed by atoms with Gasteiger partial charge in [0.05, 0.1) is 17.6 Å². The molecule has 2 heterocycles. The fourth-order valence-electron chi connectivity index (χ4n) is 1.86. The van der Waals surface area contributed by atoms with Gasteiger partial charge in [-0.1, -0.05) is 30.3 Å². The van der Waals surface area contributed by atoms with E-state index in [1.54, 1.807) is 29.9 Å². The molecule has 0 radical (unpaired) electrons. The van der Waals surface area contributed by atoms with Gasteiger partial charge >= 0.3 is 0 Å². The monoisotopic (exact) mass is 279 g/mol. The third-order valence-electron chi connectivity index (χ3n) is 2.90. The predicted molar refractivity (Wildman–Crippen MR) is 83.1 cm³/mol. The Morgan fingerprint density at radius 1 is 1.15 bits per heavy atom. The van der Waals surface area contributed by atoms with Gasteiger partial charge in [-0.05, 0) is 18.6 Å². The molecule has 3 aromatic rings. The van der Waals surface area contributed by atoms with E-state index in [-0.39, 0.29) is 0 Å². The van der Waals surface area contributed by atoms with Crippen LogP contribution in [0.5, 0.6) is 0 Å². The summed E-state index contributed by atoms with van der Waals surface area (Å²) >= 11 is 1.63. The average Bonchev–Trinajstić information content (AvgIpc) is 2.97. The second kappa shape index (κ2) is 5.75. The van der Waals surface area contributed by atoms with Crippen molar-refractivity contribution in [2.45, 2.75) is 6.92 Å². The zero-order chi connectivity index (χ0) is 13.8. The van der Waals surface area contributed by atoms with Gasteiger partial charge in [0.1, 0.15) is 5.01 Å². The molecule has 1 aromatic carbocycles. The Bertz CT molecular complexity index is 718. The van der Waals surface area contributed by atoms with Gasteiger partial charge in [-0.15, -0.1) is 11.3 Å². The van der Waals surface area contributed by atoms with Gasteiger partial charge in [0.25, 0.3) is 0 Å². The predicted octanol–water partition coefficient (Wildman–Crippen LogP) is 4.16. The van der Waals surface area contributed by atoms with E-state index in [1.165, 1.54) is 0 Å². The summed E-state index contributed by atoms with van der Waals surface area (Å²) < 4.78 is 0. The van der Waals surface area contributed by atoms with Gasteiger partial charge in [0, 0.05) is 23.3 Å². The Hall–Kier alpha value is -2.33.